The lowest BCUT2D eigenvalue weighted by molar-refractivity contribution is -0.115. The van der Waals surface area contributed by atoms with Gasteiger partial charge in [0, 0.05) is 23.6 Å². The Bertz CT molecular complexity index is 542. The lowest BCUT2D eigenvalue weighted by atomic mass is 10.0. The van der Waals surface area contributed by atoms with Gasteiger partial charge in [0.1, 0.15) is 0 Å². The molecule has 3 amide bonds. The third-order valence-electron chi connectivity index (χ3n) is 2.82. The number of nitrogens with zero attached hydrogens (tertiary/aromatic N) is 1. The van der Waals surface area contributed by atoms with Crippen molar-refractivity contribution in [1.82, 2.24) is 10.7 Å². The first-order chi connectivity index (χ1) is 9.60. The second-order valence-corrected chi connectivity index (χ2v) is 4.75. The molecule has 2 rings (SSSR count). The Morgan fingerprint density at radius 1 is 1.40 bits per heavy atom. The fraction of sp³-hybridized carbons (Fsp3) is 0.308. The molecule has 1 aromatic rings. The average molecular weight is 295 g/mol. The lowest BCUT2D eigenvalue weighted by Crippen LogP contribution is -2.48. The van der Waals surface area contributed by atoms with Gasteiger partial charge in [0.15, 0.2) is 0 Å². The quantitative estimate of drug-likeness (QED) is 0.738. The van der Waals surface area contributed by atoms with Crippen LogP contribution in [0.15, 0.2) is 29.4 Å². The number of urea groups is 1. The number of hydrogen-bond donors (Lipinski definition) is 3. The number of carbonyl (C=O) groups is 2. The smallest absolute Gasteiger partial charge is 0.328 e. The van der Waals surface area contributed by atoms with Crippen molar-refractivity contribution in [3.8, 4) is 0 Å². The summed E-state index contributed by atoms with van der Waals surface area (Å²) in [6, 6.07) is 6.77. The van der Waals surface area contributed by atoms with Crippen molar-refractivity contribution >= 4 is 34.9 Å². The highest BCUT2D eigenvalue weighted by Gasteiger charge is 2.20. The number of rotatable bonds is 4. The van der Waals surface area contributed by atoms with Crippen LogP contribution in [0, 0.1) is 0 Å². The second kappa shape index (κ2) is 6.38. The van der Waals surface area contributed by atoms with E-state index in [9.17, 15) is 9.59 Å². The van der Waals surface area contributed by atoms with Crippen LogP contribution in [0.1, 0.15) is 18.9 Å². The van der Waals surface area contributed by atoms with E-state index in [2.05, 4.69) is 21.2 Å². The Morgan fingerprint density at radius 2 is 2.10 bits per heavy atom. The van der Waals surface area contributed by atoms with E-state index in [0.717, 1.165) is 11.3 Å². The Morgan fingerprint density at radius 3 is 2.70 bits per heavy atom. The summed E-state index contributed by atoms with van der Waals surface area (Å²) in [5, 5.41) is 9.50. The molecule has 1 aliphatic heterocycles. The summed E-state index contributed by atoms with van der Waals surface area (Å²) in [5.41, 5.74) is 4.69. The molecule has 0 aromatic heterocycles. The lowest BCUT2D eigenvalue weighted by Gasteiger charge is -2.21. The second-order valence-electron chi connectivity index (χ2n) is 4.37. The molecule has 20 heavy (non-hydrogen) atoms. The summed E-state index contributed by atoms with van der Waals surface area (Å²) in [4.78, 5) is 22.5. The third-order valence-corrected chi connectivity index (χ3v) is 3.01. The molecule has 0 aliphatic carbocycles. The van der Waals surface area contributed by atoms with E-state index in [4.69, 9.17) is 11.6 Å². The first-order valence-electron chi connectivity index (χ1n) is 6.20. The Hall–Kier alpha value is -2.08. The minimum atomic E-state index is -0.314. The van der Waals surface area contributed by atoms with Crippen LogP contribution in [-0.2, 0) is 4.79 Å². The van der Waals surface area contributed by atoms with E-state index in [1.165, 1.54) is 0 Å². The van der Waals surface area contributed by atoms with Crippen molar-refractivity contribution in [2.24, 2.45) is 5.10 Å². The average Bonchev–Trinajstić information content (AvgIpc) is 2.40. The first kappa shape index (κ1) is 14.3. The molecule has 0 saturated carbocycles. The van der Waals surface area contributed by atoms with E-state index in [-0.39, 0.29) is 24.4 Å². The molecule has 0 saturated heterocycles. The van der Waals surface area contributed by atoms with Crippen LogP contribution < -0.4 is 16.1 Å². The van der Waals surface area contributed by atoms with Crippen LogP contribution >= 0.6 is 11.6 Å². The molecule has 106 valence electrons. The molecule has 0 radical (unpaired) electrons. The molecule has 1 aliphatic rings. The molecular formula is C13H15ClN4O2. The van der Waals surface area contributed by atoms with Gasteiger partial charge in [0.05, 0.1) is 11.8 Å². The largest absolute Gasteiger partial charge is 0.335 e. The molecule has 6 nitrogen and oxygen atoms in total. The summed E-state index contributed by atoms with van der Waals surface area (Å²) in [6.07, 6.45) is 0.281. The molecular weight excluding hydrogens is 280 g/mol. The van der Waals surface area contributed by atoms with Crippen LogP contribution in [-0.4, -0.2) is 29.6 Å². The Labute approximate surface area is 121 Å². The van der Waals surface area contributed by atoms with Gasteiger partial charge in [-0.15, -0.1) is 11.6 Å². The topological polar surface area (TPSA) is 82.6 Å². The number of carbonyl (C=O) groups excluding carboxylic acids is 2. The predicted octanol–water partition coefficient (Wildman–Crippen LogP) is 1.66. The minimum Gasteiger partial charge on any atom is -0.328 e. The number of amides is 3. The van der Waals surface area contributed by atoms with Gasteiger partial charge in [-0.05, 0) is 19.1 Å². The predicted molar refractivity (Wildman–Crippen MR) is 78.1 cm³/mol. The minimum absolute atomic E-state index is 0.120. The number of halogens is 1. The SMILES string of the molecule is CC1NC(=O)NN=C1c1ccc(NC(=O)CCCl)cc1. The Kier molecular flexibility index (Phi) is 4.57. The van der Waals surface area contributed by atoms with E-state index in [1.54, 1.807) is 12.1 Å². The molecule has 1 atom stereocenters. The van der Waals surface area contributed by atoms with Gasteiger partial charge in [0.2, 0.25) is 5.91 Å². The summed E-state index contributed by atoms with van der Waals surface area (Å²) < 4.78 is 0. The zero-order chi connectivity index (χ0) is 14.5. The van der Waals surface area contributed by atoms with Gasteiger partial charge in [-0.25, -0.2) is 10.2 Å². The normalized spacial score (nSPS) is 17.8. The van der Waals surface area contributed by atoms with Gasteiger partial charge in [0.25, 0.3) is 0 Å². The van der Waals surface area contributed by atoms with Crippen molar-refractivity contribution in [2.75, 3.05) is 11.2 Å². The standard InChI is InChI=1S/C13H15ClN4O2/c1-8-12(17-18-13(20)15-8)9-2-4-10(5-3-9)16-11(19)6-7-14/h2-5,8H,6-7H2,1H3,(H,16,19)(H2,15,18,20). The zero-order valence-corrected chi connectivity index (χ0v) is 11.7. The first-order valence-corrected chi connectivity index (χ1v) is 6.74. The van der Waals surface area contributed by atoms with Gasteiger partial charge in [-0.2, -0.15) is 5.10 Å². The number of hydrazone groups is 1. The molecule has 7 heteroatoms. The van der Waals surface area contributed by atoms with Crippen LogP contribution in [0.3, 0.4) is 0 Å². The molecule has 1 heterocycles. The van der Waals surface area contributed by atoms with Crippen LogP contribution in [0.25, 0.3) is 0 Å². The third kappa shape index (κ3) is 3.48. The maximum absolute atomic E-state index is 11.4. The van der Waals surface area contributed by atoms with Gasteiger partial charge >= 0.3 is 6.03 Å². The van der Waals surface area contributed by atoms with Crippen molar-refractivity contribution in [3.05, 3.63) is 29.8 Å². The van der Waals surface area contributed by atoms with Crippen molar-refractivity contribution in [2.45, 2.75) is 19.4 Å². The van der Waals surface area contributed by atoms with Crippen molar-refractivity contribution in [1.29, 1.82) is 0 Å². The monoisotopic (exact) mass is 294 g/mol. The van der Waals surface area contributed by atoms with Crippen molar-refractivity contribution in [3.63, 3.8) is 0 Å². The molecule has 0 spiro atoms. The Balaban J connectivity index is 2.08. The molecule has 1 aromatic carbocycles. The van der Waals surface area contributed by atoms with Gasteiger partial charge < -0.3 is 10.6 Å². The highest BCUT2D eigenvalue weighted by molar-refractivity contribution is 6.19. The zero-order valence-electron chi connectivity index (χ0n) is 10.9. The highest BCUT2D eigenvalue weighted by atomic mass is 35.5. The van der Waals surface area contributed by atoms with Crippen LogP contribution in [0.2, 0.25) is 0 Å². The number of hydrogen-bond acceptors (Lipinski definition) is 3. The molecule has 0 bridgehead atoms. The van der Waals surface area contributed by atoms with Gasteiger partial charge in [-0.3, -0.25) is 4.79 Å². The van der Waals surface area contributed by atoms with Crippen LogP contribution in [0.4, 0.5) is 10.5 Å². The summed E-state index contributed by atoms with van der Waals surface area (Å²) in [5.74, 6) is 0.175. The van der Waals surface area contributed by atoms with Crippen LogP contribution in [0.5, 0.6) is 0 Å². The fourth-order valence-corrected chi connectivity index (χ4v) is 2.02. The number of alkyl halides is 1. The molecule has 3 N–H and O–H groups in total. The van der Waals surface area contributed by atoms with E-state index < -0.39 is 0 Å². The molecule has 0 fully saturated rings. The number of anilines is 1. The van der Waals surface area contributed by atoms with Crippen molar-refractivity contribution < 1.29 is 9.59 Å². The number of benzene rings is 1. The van der Waals surface area contributed by atoms with E-state index in [1.807, 2.05) is 19.1 Å². The maximum Gasteiger partial charge on any atom is 0.335 e. The number of nitrogens with one attached hydrogen (secondary N) is 3. The maximum atomic E-state index is 11.4. The summed E-state index contributed by atoms with van der Waals surface area (Å²) >= 11 is 5.50. The van der Waals surface area contributed by atoms with E-state index >= 15 is 0 Å². The molecule has 1 unspecified atom stereocenters. The fourth-order valence-electron chi connectivity index (χ4n) is 1.85. The summed E-state index contributed by atoms with van der Waals surface area (Å²) in [6.45, 7) is 1.85. The summed E-state index contributed by atoms with van der Waals surface area (Å²) in [7, 11) is 0. The highest BCUT2D eigenvalue weighted by Crippen LogP contribution is 2.13. The van der Waals surface area contributed by atoms with E-state index in [0.29, 0.717) is 11.6 Å². The van der Waals surface area contributed by atoms with Gasteiger partial charge in [-0.1, -0.05) is 12.1 Å².